The number of hydrogen-bond donors (Lipinski definition) is 2. The summed E-state index contributed by atoms with van der Waals surface area (Å²) in [5, 5.41) is 7.72. The first-order valence-electron chi connectivity index (χ1n) is 7.02. The lowest BCUT2D eigenvalue weighted by Gasteiger charge is -2.11. The van der Waals surface area contributed by atoms with E-state index in [9.17, 15) is 0 Å². The summed E-state index contributed by atoms with van der Waals surface area (Å²) in [6.45, 7) is 1.92. The zero-order valence-electron chi connectivity index (χ0n) is 13.3. The molecule has 0 saturated heterocycles. The molecule has 0 bridgehead atoms. The molecule has 2 aromatic rings. The Morgan fingerprint density at radius 1 is 1.00 bits per heavy atom. The van der Waals surface area contributed by atoms with Crippen LogP contribution in [0, 0.1) is 0 Å². The molecule has 120 valence electrons. The van der Waals surface area contributed by atoms with E-state index >= 15 is 0 Å². The summed E-state index contributed by atoms with van der Waals surface area (Å²) in [5.74, 6) is 1.29. The molecule has 0 aliphatic carbocycles. The summed E-state index contributed by atoms with van der Waals surface area (Å²) in [7, 11) is 3.18. The second kappa shape index (κ2) is 8.14. The van der Waals surface area contributed by atoms with Crippen molar-refractivity contribution in [1.82, 2.24) is 5.43 Å². The highest BCUT2D eigenvalue weighted by atomic mass is 32.1. The van der Waals surface area contributed by atoms with Crippen molar-refractivity contribution in [3.63, 3.8) is 0 Å². The van der Waals surface area contributed by atoms with Crippen molar-refractivity contribution < 1.29 is 9.47 Å². The first kappa shape index (κ1) is 16.8. The van der Waals surface area contributed by atoms with Crippen LogP contribution < -0.4 is 20.2 Å². The molecule has 6 heteroatoms. The molecule has 0 amide bonds. The van der Waals surface area contributed by atoms with Gasteiger partial charge in [0.25, 0.3) is 0 Å². The lowest BCUT2D eigenvalue weighted by Crippen LogP contribution is -2.25. The van der Waals surface area contributed by atoms with Crippen molar-refractivity contribution >= 4 is 28.7 Å². The number of thiocarbonyl (C=S) groups is 1. The third-order valence-corrected chi connectivity index (χ3v) is 3.35. The van der Waals surface area contributed by atoms with Crippen LogP contribution in [0.15, 0.2) is 53.6 Å². The predicted octanol–water partition coefficient (Wildman–Crippen LogP) is 3.41. The number of hydrogen-bond acceptors (Lipinski definition) is 4. The van der Waals surface area contributed by atoms with Crippen LogP contribution in [-0.4, -0.2) is 25.0 Å². The van der Waals surface area contributed by atoms with Gasteiger partial charge in [-0.1, -0.05) is 30.3 Å². The Hall–Kier alpha value is -2.60. The fraction of sp³-hybridized carbons (Fsp3) is 0.176. The average Bonchev–Trinajstić information content (AvgIpc) is 2.60. The Kier molecular flexibility index (Phi) is 5.94. The fourth-order valence-electron chi connectivity index (χ4n) is 1.95. The highest BCUT2D eigenvalue weighted by Crippen LogP contribution is 2.29. The smallest absolute Gasteiger partial charge is 0.191 e. The minimum atomic E-state index is 0.396. The van der Waals surface area contributed by atoms with Gasteiger partial charge in [-0.3, -0.25) is 5.43 Å². The molecule has 23 heavy (non-hydrogen) atoms. The van der Waals surface area contributed by atoms with Crippen LogP contribution in [0.4, 0.5) is 5.69 Å². The molecule has 0 aliphatic heterocycles. The molecule has 0 saturated carbocycles. The first-order chi connectivity index (χ1) is 11.1. The third kappa shape index (κ3) is 4.69. The Balaban J connectivity index is 2.00. The molecule has 0 fully saturated rings. The van der Waals surface area contributed by atoms with Crippen molar-refractivity contribution in [3.8, 4) is 11.5 Å². The van der Waals surface area contributed by atoms with Gasteiger partial charge < -0.3 is 14.8 Å². The number of rotatable bonds is 5. The topological polar surface area (TPSA) is 54.9 Å². The van der Waals surface area contributed by atoms with E-state index in [0.29, 0.717) is 16.6 Å². The number of nitrogens with zero attached hydrogens (tertiary/aromatic N) is 1. The number of methoxy groups -OCH3 is 2. The number of ether oxygens (including phenoxy) is 2. The average molecular weight is 329 g/mol. The van der Waals surface area contributed by atoms with Crippen molar-refractivity contribution in [3.05, 3.63) is 54.1 Å². The standard InChI is InChI=1S/C17H19N3O2S/c1-12(13-7-5-4-6-8-13)19-20-17(23)18-14-9-10-15(21-2)16(11-14)22-3/h4-11H,1-3H3,(H2,18,20,23)/b19-12-. The van der Waals surface area contributed by atoms with Crippen LogP contribution in [0.1, 0.15) is 12.5 Å². The van der Waals surface area contributed by atoms with Gasteiger partial charge in [-0.2, -0.15) is 5.10 Å². The van der Waals surface area contributed by atoms with Crippen molar-refractivity contribution in [2.45, 2.75) is 6.92 Å². The Morgan fingerprint density at radius 2 is 1.70 bits per heavy atom. The van der Waals surface area contributed by atoms with Gasteiger partial charge in [0.2, 0.25) is 0 Å². The van der Waals surface area contributed by atoms with Crippen LogP contribution >= 0.6 is 12.2 Å². The predicted molar refractivity (Wildman–Crippen MR) is 97.6 cm³/mol. The molecule has 5 nitrogen and oxygen atoms in total. The molecule has 0 atom stereocenters. The van der Waals surface area contributed by atoms with Crippen molar-refractivity contribution in [1.29, 1.82) is 0 Å². The van der Waals surface area contributed by atoms with Gasteiger partial charge in [0, 0.05) is 11.8 Å². The molecule has 2 aromatic carbocycles. The maximum absolute atomic E-state index is 5.26. The maximum atomic E-state index is 5.26. The summed E-state index contributed by atoms with van der Waals surface area (Å²) < 4.78 is 10.5. The van der Waals surface area contributed by atoms with Gasteiger partial charge in [0.1, 0.15) is 0 Å². The molecule has 2 rings (SSSR count). The van der Waals surface area contributed by atoms with E-state index in [1.54, 1.807) is 20.3 Å². The molecule has 0 radical (unpaired) electrons. The third-order valence-electron chi connectivity index (χ3n) is 3.16. The Bertz CT molecular complexity index is 702. The number of nitrogens with one attached hydrogen (secondary N) is 2. The fourth-order valence-corrected chi connectivity index (χ4v) is 2.12. The molecule has 0 aromatic heterocycles. The minimum Gasteiger partial charge on any atom is -0.493 e. The van der Waals surface area contributed by atoms with Gasteiger partial charge in [-0.15, -0.1) is 0 Å². The van der Waals surface area contributed by atoms with E-state index in [1.165, 1.54) is 0 Å². The van der Waals surface area contributed by atoms with E-state index in [1.807, 2.05) is 49.4 Å². The van der Waals surface area contributed by atoms with Crippen molar-refractivity contribution in [2.75, 3.05) is 19.5 Å². The van der Waals surface area contributed by atoms with E-state index in [-0.39, 0.29) is 0 Å². The molecule has 0 unspecified atom stereocenters. The Labute approximate surface area is 141 Å². The van der Waals surface area contributed by atoms with E-state index in [4.69, 9.17) is 21.7 Å². The number of anilines is 1. The summed E-state index contributed by atoms with van der Waals surface area (Å²) in [6.07, 6.45) is 0. The largest absolute Gasteiger partial charge is 0.493 e. The zero-order chi connectivity index (χ0) is 16.7. The monoisotopic (exact) mass is 329 g/mol. The normalized spacial score (nSPS) is 10.8. The summed E-state index contributed by atoms with van der Waals surface area (Å²) in [6, 6.07) is 15.3. The minimum absolute atomic E-state index is 0.396. The highest BCUT2D eigenvalue weighted by Gasteiger charge is 2.05. The highest BCUT2D eigenvalue weighted by molar-refractivity contribution is 7.80. The van der Waals surface area contributed by atoms with Crippen LogP contribution in [-0.2, 0) is 0 Å². The second-order valence-corrected chi connectivity index (χ2v) is 5.11. The van der Waals surface area contributed by atoms with E-state index in [0.717, 1.165) is 17.0 Å². The molecule has 0 heterocycles. The van der Waals surface area contributed by atoms with Crippen LogP contribution in [0.25, 0.3) is 0 Å². The lowest BCUT2D eigenvalue weighted by atomic mass is 10.1. The molecule has 0 spiro atoms. The van der Waals surface area contributed by atoms with Gasteiger partial charge in [-0.25, -0.2) is 0 Å². The quantitative estimate of drug-likeness (QED) is 0.500. The molecular weight excluding hydrogens is 310 g/mol. The van der Waals surface area contributed by atoms with Crippen LogP contribution in [0.3, 0.4) is 0 Å². The molecule has 2 N–H and O–H groups in total. The molecular formula is C17H19N3O2S. The Morgan fingerprint density at radius 3 is 2.35 bits per heavy atom. The van der Waals surface area contributed by atoms with Gasteiger partial charge in [-0.05, 0) is 36.8 Å². The summed E-state index contributed by atoms with van der Waals surface area (Å²) in [5.41, 5.74) is 5.50. The molecule has 0 aliphatic rings. The van der Waals surface area contributed by atoms with Gasteiger partial charge in [0.05, 0.1) is 19.9 Å². The van der Waals surface area contributed by atoms with E-state index < -0.39 is 0 Å². The van der Waals surface area contributed by atoms with E-state index in [2.05, 4.69) is 15.8 Å². The van der Waals surface area contributed by atoms with Crippen molar-refractivity contribution in [2.24, 2.45) is 5.10 Å². The SMILES string of the molecule is COc1ccc(NC(=S)N/N=C(/C)c2ccccc2)cc1OC. The lowest BCUT2D eigenvalue weighted by molar-refractivity contribution is 0.355. The summed E-state index contributed by atoms with van der Waals surface area (Å²) in [4.78, 5) is 0. The first-order valence-corrected chi connectivity index (χ1v) is 7.43. The van der Waals surface area contributed by atoms with Gasteiger partial charge in [0.15, 0.2) is 16.6 Å². The zero-order valence-corrected chi connectivity index (χ0v) is 14.1. The number of benzene rings is 2. The summed E-state index contributed by atoms with van der Waals surface area (Å²) >= 11 is 5.24. The number of hydrazone groups is 1. The van der Waals surface area contributed by atoms with Crippen LogP contribution in [0.5, 0.6) is 11.5 Å². The maximum Gasteiger partial charge on any atom is 0.191 e. The van der Waals surface area contributed by atoms with Crippen LogP contribution in [0.2, 0.25) is 0 Å². The van der Waals surface area contributed by atoms with Gasteiger partial charge >= 0.3 is 0 Å². The second-order valence-electron chi connectivity index (χ2n) is 4.70.